The van der Waals surface area contributed by atoms with Gasteiger partial charge in [-0.15, -0.1) is 0 Å². The third-order valence-corrected chi connectivity index (χ3v) is 4.00. The fourth-order valence-corrected chi connectivity index (χ4v) is 2.72. The van der Waals surface area contributed by atoms with Gasteiger partial charge in [-0.1, -0.05) is 0 Å². The summed E-state index contributed by atoms with van der Waals surface area (Å²) in [5, 5.41) is 3.53. The summed E-state index contributed by atoms with van der Waals surface area (Å²) in [6.45, 7) is 1.00. The number of carbonyl (C=O) groups is 1. The molecule has 0 spiro atoms. The molecule has 1 aliphatic heterocycles. The van der Waals surface area contributed by atoms with Crippen LogP contribution in [-0.4, -0.2) is 25.7 Å². The average molecular weight is 367 g/mol. The molecular weight excluding hydrogens is 350 g/mol. The van der Waals surface area contributed by atoms with E-state index in [2.05, 4.69) is 5.32 Å². The summed E-state index contributed by atoms with van der Waals surface area (Å²) in [5.41, 5.74) is 0.562. The molecule has 2 aromatic carbocycles. The molecule has 0 radical (unpaired) electrons. The van der Waals surface area contributed by atoms with E-state index in [4.69, 9.17) is 18.6 Å². The monoisotopic (exact) mass is 367 g/mol. The van der Waals surface area contributed by atoms with Gasteiger partial charge in [0, 0.05) is 35.7 Å². The lowest BCUT2D eigenvalue weighted by atomic mass is 10.2. The molecule has 0 aliphatic carbocycles. The number of carbonyl (C=O) groups excluding carboxylic acids is 1. The predicted molar refractivity (Wildman–Crippen MR) is 98.7 cm³/mol. The maximum absolute atomic E-state index is 12.2. The van der Waals surface area contributed by atoms with Crippen LogP contribution in [0, 0.1) is 0 Å². The molecule has 1 aliphatic rings. The van der Waals surface area contributed by atoms with Crippen molar-refractivity contribution in [1.82, 2.24) is 0 Å². The second-order valence-electron chi connectivity index (χ2n) is 6.00. The van der Waals surface area contributed by atoms with E-state index in [-0.39, 0.29) is 12.5 Å². The molecule has 0 bridgehead atoms. The zero-order chi connectivity index (χ0) is 18.6. The van der Waals surface area contributed by atoms with E-state index in [0.29, 0.717) is 41.7 Å². The quantitative estimate of drug-likeness (QED) is 0.714. The van der Waals surface area contributed by atoms with Gasteiger partial charge in [0.1, 0.15) is 11.3 Å². The summed E-state index contributed by atoms with van der Waals surface area (Å²) in [6.07, 6.45) is 0.816. The number of hydrogen-bond acceptors (Lipinski definition) is 6. The fourth-order valence-electron chi connectivity index (χ4n) is 2.72. The standard InChI is InChI=1S/C20H17NO6/c22-19(21-14-4-6-16-18(10-14)25-9-1-8-24-16)12-26-15-5-2-13-3-7-20(23)27-17(13)11-15/h2-7,10-11H,1,8-9,12H2,(H,21,22). The third-order valence-electron chi connectivity index (χ3n) is 4.00. The number of anilines is 1. The van der Waals surface area contributed by atoms with E-state index in [0.717, 1.165) is 11.8 Å². The highest BCUT2D eigenvalue weighted by Gasteiger charge is 2.12. The van der Waals surface area contributed by atoms with Crippen molar-refractivity contribution >= 4 is 22.6 Å². The van der Waals surface area contributed by atoms with Crippen molar-refractivity contribution in [2.75, 3.05) is 25.1 Å². The number of benzene rings is 2. The molecular formula is C20H17NO6. The first-order chi connectivity index (χ1) is 13.2. The van der Waals surface area contributed by atoms with Crippen molar-refractivity contribution in [3.8, 4) is 17.2 Å². The second-order valence-corrected chi connectivity index (χ2v) is 6.00. The highest BCUT2D eigenvalue weighted by atomic mass is 16.5. The van der Waals surface area contributed by atoms with Crippen molar-refractivity contribution < 1.29 is 23.4 Å². The van der Waals surface area contributed by atoms with Crippen LogP contribution in [0.25, 0.3) is 11.0 Å². The van der Waals surface area contributed by atoms with Gasteiger partial charge in [-0.2, -0.15) is 0 Å². The van der Waals surface area contributed by atoms with Crippen molar-refractivity contribution in [1.29, 1.82) is 0 Å². The summed E-state index contributed by atoms with van der Waals surface area (Å²) in [5.74, 6) is 1.39. The largest absolute Gasteiger partial charge is 0.490 e. The first-order valence-corrected chi connectivity index (χ1v) is 8.54. The van der Waals surface area contributed by atoms with Gasteiger partial charge in [0.25, 0.3) is 5.91 Å². The molecule has 0 fully saturated rings. The van der Waals surface area contributed by atoms with E-state index in [9.17, 15) is 9.59 Å². The van der Waals surface area contributed by atoms with Crippen LogP contribution in [0.5, 0.6) is 17.2 Å². The number of rotatable bonds is 4. The lowest BCUT2D eigenvalue weighted by Gasteiger charge is -2.11. The Balaban J connectivity index is 1.40. The lowest BCUT2D eigenvalue weighted by Crippen LogP contribution is -2.20. The van der Waals surface area contributed by atoms with Gasteiger partial charge < -0.3 is 23.9 Å². The maximum Gasteiger partial charge on any atom is 0.336 e. The molecule has 7 heteroatoms. The van der Waals surface area contributed by atoms with Crippen LogP contribution in [0.4, 0.5) is 5.69 Å². The lowest BCUT2D eigenvalue weighted by molar-refractivity contribution is -0.118. The number of hydrogen-bond donors (Lipinski definition) is 1. The Labute approximate surface area is 154 Å². The summed E-state index contributed by atoms with van der Waals surface area (Å²) < 4.78 is 21.8. The molecule has 0 unspecified atom stereocenters. The average Bonchev–Trinajstić information content (AvgIpc) is 2.91. The maximum atomic E-state index is 12.2. The zero-order valence-electron chi connectivity index (χ0n) is 14.4. The van der Waals surface area contributed by atoms with Crippen molar-refractivity contribution in [3.05, 3.63) is 59.0 Å². The van der Waals surface area contributed by atoms with Crippen LogP contribution in [0.15, 0.2) is 57.7 Å². The van der Waals surface area contributed by atoms with Crippen LogP contribution in [0.1, 0.15) is 6.42 Å². The van der Waals surface area contributed by atoms with Crippen molar-refractivity contribution in [2.24, 2.45) is 0 Å². The van der Waals surface area contributed by atoms with E-state index >= 15 is 0 Å². The molecule has 1 N–H and O–H groups in total. The number of fused-ring (bicyclic) bond motifs is 2. The Morgan fingerprint density at radius 1 is 1.00 bits per heavy atom. The van der Waals surface area contributed by atoms with Crippen LogP contribution in [0.2, 0.25) is 0 Å². The van der Waals surface area contributed by atoms with E-state index < -0.39 is 5.63 Å². The number of nitrogens with one attached hydrogen (secondary N) is 1. The van der Waals surface area contributed by atoms with Crippen molar-refractivity contribution in [2.45, 2.75) is 6.42 Å². The fraction of sp³-hybridized carbons (Fsp3) is 0.200. The molecule has 138 valence electrons. The Bertz CT molecular complexity index is 1040. The van der Waals surface area contributed by atoms with Gasteiger partial charge in [0.15, 0.2) is 18.1 Å². The molecule has 7 nitrogen and oxygen atoms in total. The third kappa shape index (κ3) is 4.03. The van der Waals surface area contributed by atoms with Crippen molar-refractivity contribution in [3.63, 3.8) is 0 Å². The highest BCUT2D eigenvalue weighted by Crippen LogP contribution is 2.32. The van der Waals surface area contributed by atoms with Gasteiger partial charge in [-0.25, -0.2) is 4.79 Å². The molecule has 1 aromatic heterocycles. The van der Waals surface area contributed by atoms with E-state index in [1.54, 1.807) is 42.5 Å². The molecule has 27 heavy (non-hydrogen) atoms. The van der Waals surface area contributed by atoms with Crippen LogP contribution in [-0.2, 0) is 4.79 Å². The second kappa shape index (κ2) is 7.41. The van der Waals surface area contributed by atoms with Gasteiger partial charge in [-0.05, 0) is 30.3 Å². The molecule has 0 atom stereocenters. The van der Waals surface area contributed by atoms with Gasteiger partial charge in [0.2, 0.25) is 0 Å². The molecule has 1 amide bonds. The summed E-state index contributed by atoms with van der Waals surface area (Å²) in [4.78, 5) is 23.5. The number of ether oxygens (including phenoxy) is 3. The summed E-state index contributed by atoms with van der Waals surface area (Å²) >= 11 is 0. The molecule has 4 rings (SSSR count). The zero-order valence-corrected chi connectivity index (χ0v) is 14.4. The smallest absolute Gasteiger partial charge is 0.336 e. The molecule has 2 heterocycles. The first-order valence-electron chi connectivity index (χ1n) is 8.54. The molecule has 0 saturated carbocycles. The SMILES string of the molecule is O=C(COc1ccc2ccc(=O)oc2c1)Nc1ccc2c(c1)OCCCO2. The minimum Gasteiger partial charge on any atom is -0.490 e. The minimum absolute atomic E-state index is 0.184. The van der Waals surface area contributed by atoms with E-state index in [1.807, 2.05) is 0 Å². The molecule has 3 aromatic rings. The Hall–Kier alpha value is -3.48. The topological polar surface area (TPSA) is 87.0 Å². The predicted octanol–water partition coefficient (Wildman–Crippen LogP) is 2.97. The van der Waals surface area contributed by atoms with Gasteiger partial charge in [-0.3, -0.25) is 4.79 Å². The number of amides is 1. The normalized spacial score (nSPS) is 13.0. The van der Waals surface area contributed by atoms with Crippen LogP contribution in [0.3, 0.4) is 0 Å². The van der Waals surface area contributed by atoms with Gasteiger partial charge in [0.05, 0.1) is 13.2 Å². The van der Waals surface area contributed by atoms with E-state index in [1.165, 1.54) is 6.07 Å². The Kier molecular flexibility index (Phi) is 4.65. The highest BCUT2D eigenvalue weighted by molar-refractivity contribution is 5.92. The van der Waals surface area contributed by atoms with Crippen LogP contribution >= 0.6 is 0 Å². The van der Waals surface area contributed by atoms with Crippen LogP contribution < -0.4 is 25.2 Å². The summed E-state index contributed by atoms with van der Waals surface area (Å²) in [7, 11) is 0. The molecule has 0 saturated heterocycles. The Morgan fingerprint density at radius 3 is 2.70 bits per heavy atom. The first kappa shape index (κ1) is 17.0. The Morgan fingerprint density at radius 2 is 1.81 bits per heavy atom. The van der Waals surface area contributed by atoms with Gasteiger partial charge >= 0.3 is 5.63 Å². The summed E-state index contributed by atoms with van der Waals surface area (Å²) in [6, 6.07) is 13.3. The minimum atomic E-state index is -0.438.